The van der Waals surface area contributed by atoms with Crippen LogP contribution in [0.15, 0.2) is 58.7 Å². The lowest BCUT2D eigenvalue weighted by Gasteiger charge is -2.07. The van der Waals surface area contributed by atoms with Gasteiger partial charge in [-0.05, 0) is 52.9 Å². The lowest BCUT2D eigenvalue weighted by molar-refractivity contribution is -0.115. The number of hydrogen-bond donors (Lipinski definition) is 4. The molecule has 11 heteroatoms. The number of anilines is 1. The number of carboxylic acids is 1. The van der Waals surface area contributed by atoms with E-state index in [9.17, 15) is 19.2 Å². The number of H-pyrrole nitrogens is 1. The van der Waals surface area contributed by atoms with E-state index in [1.165, 1.54) is 24.3 Å². The third kappa shape index (κ3) is 5.53. The van der Waals surface area contributed by atoms with Crippen molar-refractivity contribution in [3.05, 3.63) is 86.8 Å². The average Bonchev–Trinajstić information content (AvgIpc) is 3.25. The quantitative estimate of drug-likeness (QED) is 0.295. The SMILES string of the molecule is COc1cccc(CNC(=O)c2nc3scc(CC(=O)Nc4ccc(C(=O)O)cc4)c3c(=O)[nH]2)c1. The van der Waals surface area contributed by atoms with Crippen LogP contribution in [0.25, 0.3) is 10.2 Å². The molecule has 10 nitrogen and oxygen atoms in total. The van der Waals surface area contributed by atoms with Crippen molar-refractivity contribution in [1.82, 2.24) is 15.3 Å². The van der Waals surface area contributed by atoms with Crippen LogP contribution in [0.1, 0.15) is 32.1 Å². The fourth-order valence-corrected chi connectivity index (χ4v) is 4.31. The number of aromatic amines is 1. The molecule has 178 valence electrons. The molecule has 0 aliphatic carbocycles. The van der Waals surface area contributed by atoms with Crippen molar-refractivity contribution >= 4 is 45.0 Å². The van der Waals surface area contributed by atoms with Crippen molar-refractivity contribution < 1.29 is 24.2 Å². The van der Waals surface area contributed by atoms with Crippen LogP contribution < -0.4 is 20.9 Å². The molecule has 0 radical (unpaired) electrons. The van der Waals surface area contributed by atoms with E-state index < -0.39 is 17.4 Å². The predicted molar refractivity (Wildman–Crippen MR) is 130 cm³/mol. The smallest absolute Gasteiger partial charge is 0.335 e. The number of thiophene rings is 1. The molecule has 0 aliphatic rings. The molecule has 0 atom stereocenters. The highest BCUT2D eigenvalue weighted by Crippen LogP contribution is 2.22. The molecule has 2 aromatic carbocycles. The van der Waals surface area contributed by atoms with Gasteiger partial charge < -0.3 is 25.5 Å². The van der Waals surface area contributed by atoms with Crippen molar-refractivity contribution in [2.45, 2.75) is 13.0 Å². The van der Waals surface area contributed by atoms with E-state index in [-0.39, 0.29) is 35.6 Å². The highest BCUT2D eigenvalue weighted by molar-refractivity contribution is 7.16. The number of carbonyl (C=O) groups is 3. The van der Waals surface area contributed by atoms with Gasteiger partial charge in [-0.3, -0.25) is 14.4 Å². The molecule has 0 spiro atoms. The summed E-state index contributed by atoms with van der Waals surface area (Å²) in [6.07, 6.45) is -0.0905. The van der Waals surface area contributed by atoms with Gasteiger partial charge in [0.2, 0.25) is 11.7 Å². The van der Waals surface area contributed by atoms with Crippen LogP contribution >= 0.6 is 11.3 Å². The molecule has 4 N–H and O–H groups in total. The minimum Gasteiger partial charge on any atom is -0.497 e. The number of aromatic carboxylic acids is 1. The summed E-state index contributed by atoms with van der Waals surface area (Å²) in [5.41, 5.74) is 1.32. The first-order valence-corrected chi connectivity index (χ1v) is 11.3. The third-order valence-electron chi connectivity index (χ3n) is 5.09. The van der Waals surface area contributed by atoms with Crippen LogP contribution in [0.3, 0.4) is 0 Å². The predicted octanol–water partition coefficient (Wildman–Crippen LogP) is 2.80. The molecule has 0 fully saturated rings. The van der Waals surface area contributed by atoms with Gasteiger partial charge in [0.05, 0.1) is 24.5 Å². The van der Waals surface area contributed by atoms with Gasteiger partial charge in [-0.2, -0.15) is 0 Å². The summed E-state index contributed by atoms with van der Waals surface area (Å²) in [6, 6.07) is 13.0. The number of carbonyl (C=O) groups excluding carboxylic acids is 2. The molecule has 0 saturated heterocycles. The molecule has 0 saturated carbocycles. The first-order valence-electron chi connectivity index (χ1n) is 10.4. The number of hydrogen-bond acceptors (Lipinski definition) is 7. The van der Waals surface area contributed by atoms with Gasteiger partial charge in [0, 0.05) is 12.2 Å². The number of rotatable bonds is 8. The van der Waals surface area contributed by atoms with Crippen molar-refractivity contribution in [2.24, 2.45) is 0 Å². The Morgan fingerprint density at radius 1 is 1.14 bits per heavy atom. The number of ether oxygens (including phenoxy) is 1. The van der Waals surface area contributed by atoms with Crippen LogP contribution in [0.2, 0.25) is 0 Å². The van der Waals surface area contributed by atoms with Crippen LogP contribution in [-0.2, 0) is 17.8 Å². The largest absolute Gasteiger partial charge is 0.497 e. The number of aromatic nitrogens is 2. The highest BCUT2D eigenvalue weighted by atomic mass is 32.1. The Morgan fingerprint density at radius 3 is 2.63 bits per heavy atom. The number of benzene rings is 2. The summed E-state index contributed by atoms with van der Waals surface area (Å²) in [5.74, 6) is -1.44. The zero-order chi connectivity index (χ0) is 24.9. The fourth-order valence-electron chi connectivity index (χ4n) is 3.37. The molecule has 2 amide bonds. The first kappa shape index (κ1) is 23.6. The Morgan fingerprint density at radius 2 is 1.91 bits per heavy atom. The monoisotopic (exact) mass is 492 g/mol. The van der Waals surface area contributed by atoms with E-state index >= 15 is 0 Å². The summed E-state index contributed by atoms with van der Waals surface area (Å²) in [6.45, 7) is 0.223. The summed E-state index contributed by atoms with van der Waals surface area (Å²) in [5, 5.41) is 16.2. The van der Waals surface area contributed by atoms with Gasteiger partial charge in [0.1, 0.15) is 10.6 Å². The fraction of sp³-hybridized carbons (Fsp3) is 0.125. The van der Waals surface area contributed by atoms with E-state index in [4.69, 9.17) is 9.84 Å². The van der Waals surface area contributed by atoms with Gasteiger partial charge in [0.25, 0.3) is 11.5 Å². The van der Waals surface area contributed by atoms with Gasteiger partial charge >= 0.3 is 5.97 Å². The maximum Gasteiger partial charge on any atom is 0.335 e. The lowest BCUT2D eigenvalue weighted by atomic mass is 10.1. The normalized spacial score (nSPS) is 10.7. The van der Waals surface area contributed by atoms with Crippen molar-refractivity contribution in [1.29, 1.82) is 0 Å². The average molecular weight is 493 g/mol. The van der Waals surface area contributed by atoms with Crippen LogP contribution in [-0.4, -0.2) is 40.0 Å². The first-order chi connectivity index (χ1) is 16.8. The van der Waals surface area contributed by atoms with Gasteiger partial charge in [-0.15, -0.1) is 11.3 Å². The van der Waals surface area contributed by atoms with E-state index in [1.54, 1.807) is 30.7 Å². The van der Waals surface area contributed by atoms with Crippen LogP contribution in [0.4, 0.5) is 5.69 Å². The number of amides is 2. The summed E-state index contributed by atoms with van der Waals surface area (Å²) >= 11 is 1.16. The Hall–Kier alpha value is -4.51. The number of nitrogens with zero attached hydrogens (tertiary/aromatic N) is 1. The van der Waals surface area contributed by atoms with Gasteiger partial charge in [-0.1, -0.05) is 12.1 Å². The van der Waals surface area contributed by atoms with Crippen LogP contribution in [0.5, 0.6) is 5.75 Å². The third-order valence-corrected chi connectivity index (χ3v) is 6.01. The second kappa shape index (κ2) is 10.2. The van der Waals surface area contributed by atoms with Gasteiger partial charge in [-0.25, -0.2) is 9.78 Å². The zero-order valence-electron chi connectivity index (χ0n) is 18.5. The van der Waals surface area contributed by atoms with Crippen molar-refractivity contribution in [3.63, 3.8) is 0 Å². The molecule has 35 heavy (non-hydrogen) atoms. The number of nitrogens with one attached hydrogen (secondary N) is 3. The molecule has 2 aromatic heterocycles. The number of fused-ring (bicyclic) bond motifs is 1. The van der Waals surface area contributed by atoms with E-state index in [0.29, 0.717) is 21.8 Å². The van der Waals surface area contributed by atoms with Crippen molar-refractivity contribution in [2.75, 3.05) is 12.4 Å². The minimum absolute atomic E-state index is 0.0905. The topological polar surface area (TPSA) is 150 Å². The van der Waals surface area contributed by atoms with Crippen LogP contribution in [0, 0.1) is 0 Å². The number of carboxylic acid groups (broad SMARTS) is 1. The van der Waals surface area contributed by atoms with E-state index in [1.807, 2.05) is 6.07 Å². The molecular weight excluding hydrogens is 472 g/mol. The maximum atomic E-state index is 12.7. The second-order valence-electron chi connectivity index (χ2n) is 7.50. The molecular formula is C24H20N4O6S. The summed E-state index contributed by atoms with van der Waals surface area (Å²) < 4.78 is 5.17. The molecule has 4 rings (SSSR count). The molecule has 0 bridgehead atoms. The Labute approximate surface area is 202 Å². The molecule has 0 unspecified atom stereocenters. The minimum atomic E-state index is -1.06. The maximum absolute atomic E-state index is 12.7. The number of methoxy groups -OCH3 is 1. The second-order valence-corrected chi connectivity index (χ2v) is 8.36. The molecule has 0 aliphatic heterocycles. The highest BCUT2D eigenvalue weighted by Gasteiger charge is 2.17. The van der Waals surface area contributed by atoms with Crippen molar-refractivity contribution in [3.8, 4) is 5.75 Å². The summed E-state index contributed by atoms with van der Waals surface area (Å²) in [4.78, 5) is 55.8. The van der Waals surface area contributed by atoms with Gasteiger partial charge in [0.15, 0.2) is 0 Å². The standard InChI is InChI=1S/C24H20N4O6S/c1-34-17-4-2-3-13(9-17)11-25-22(31)20-27-21(30)19-15(12-35-23(19)28-20)10-18(29)26-16-7-5-14(6-8-16)24(32)33/h2-9,12H,10-11H2,1H3,(H,25,31)(H,26,29)(H,32,33)(H,27,28,30). The zero-order valence-corrected chi connectivity index (χ0v) is 19.3. The Balaban J connectivity index is 1.45. The molecule has 2 heterocycles. The summed E-state index contributed by atoms with van der Waals surface area (Å²) in [7, 11) is 1.55. The Kier molecular flexibility index (Phi) is 6.88. The molecule has 4 aromatic rings. The van der Waals surface area contributed by atoms with E-state index in [2.05, 4.69) is 20.6 Å². The lowest BCUT2D eigenvalue weighted by Crippen LogP contribution is -2.27. The Bertz CT molecular complexity index is 1480. The van der Waals surface area contributed by atoms with E-state index in [0.717, 1.165) is 16.9 Å².